The average molecular weight is 304 g/mol. The lowest BCUT2D eigenvalue weighted by molar-refractivity contribution is -0.150. The average Bonchev–Trinajstić information content (AvgIpc) is 2.44. The number of thioether (sulfide) groups is 1. The van der Waals surface area contributed by atoms with Crippen LogP contribution in [-0.4, -0.2) is 36.2 Å². The van der Waals surface area contributed by atoms with Gasteiger partial charge in [0.05, 0.1) is 6.61 Å². The lowest BCUT2D eigenvalue weighted by Gasteiger charge is -2.28. The second-order valence-electron chi connectivity index (χ2n) is 5.40. The minimum absolute atomic E-state index is 0.107. The molecule has 1 N–H and O–H groups in total. The van der Waals surface area contributed by atoms with Crippen LogP contribution >= 0.6 is 11.8 Å². The third-order valence-electron chi connectivity index (χ3n) is 3.35. The van der Waals surface area contributed by atoms with Gasteiger partial charge in [0.2, 0.25) is 0 Å². The quantitative estimate of drug-likeness (QED) is 0.412. The van der Waals surface area contributed by atoms with Crippen LogP contribution in [0.25, 0.3) is 0 Å². The molecule has 0 aliphatic rings. The Morgan fingerprint density at radius 3 is 2.40 bits per heavy atom. The zero-order valence-electron chi connectivity index (χ0n) is 13.8. The van der Waals surface area contributed by atoms with Gasteiger partial charge >= 0.3 is 5.97 Å². The van der Waals surface area contributed by atoms with E-state index < -0.39 is 5.54 Å². The molecule has 0 aliphatic carbocycles. The molecule has 0 aromatic heterocycles. The highest BCUT2D eigenvalue weighted by molar-refractivity contribution is 7.99. The molecule has 0 fully saturated rings. The first-order chi connectivity index (χ1) is 9.60. The van der Waals surface area contributed by atoms with Gasteiger partial charge in [-0.3, -0.25) is 4.79 Å². The Morgan fingerprint density at radius 1 is 1.10 bits per heavy atom. The van der Waals surface area contributed by atoms with Crippen molar-refractivity contribution in [2.45, 2.75) is 71.8 Å². The van der Waals surface area contributed by atoms with Crippen molar-refractivity contribution >= 4 is 17.7 Å². The van der Waals surface area contributed by atoms with E-state index in [1.807, 2.05) is 25.6 Å². The Kier molecular flexibility index (Phi) is 12.4. The van der Waals surface area contributed by atoms with Crippen LogP contribution in [0.5, 0.6) is 0 Å². The number of hydrogen-bond acceptors (Lipinski definition) is 4. The molecule has 0 bridgehead atoms. The molecular formula is C16H33NO2S. The summed E-state index contributed by atoms with van der Waals surface area (Å²) in [5.74, 6) is 2.27. The van der Waals surface area contributed by atoms with E-state index in [1.165, 1.54) is 25.0 Å². The Hall–Kier alpha value is -0.220. The van der Waals surface area contributed by atoms with E-state index in [-0.39, 0.29) is 5.97 Å². The summed E-state index contributed by atoms with van der Waals surface area (Å²) < 4.78 is 5.21. The molecule has 0 aliphatic heterocycles. The highest BCUT2D eigenvalue weighted by Gasteiger charge is 2.33. The maximum Gasteiger partial charge on any atom is 0.326 e. The first-order valence-electron chi connectivity index (χ1n) is 8.10. The fraction of sp³-hybridized carbons (Fsp3) is 0.938. The van der Waals surface area contributed by atoms with E-state index in [2.05, 4.69) is 19.2 Å². The van der Waals surface area contributed by atoms with E-state index >= 15 is 0 Å². The lowest BCUT2D eigenvalue weighted by Crippen LogP contribution is -2.50. The summed E-state index contributed by atoms with van der Waals surface area (Å²) in [6, 6.07) is 0. The van der Waals surface area contributed by atoms with Crippen LogP contribution in [0, 0.1) is 0 Å². The van der Waals surface area contributed by atoms with Crippen molar-refractivity contribution in [1.29, 1.82) is 0 Å². The molecule has 1 unspecified atom stereocenters. The summed E-state index contributed by atoms with van der Waals surface area (Å²) in [5.41, 5.74) is -0.518. The molecule has 120 valence electrons. The van der Waals surface area contributed by atoms with Crippen molar-refractivity contribution in [3.05, 3.63) is 0 Å². The maximum absolute atomic E-state index is 12.1. The summed E-state index contributed by atoms with van der Waals surface area (Å²) in [6.45, 7) is 9.49. The standard InChI is InChI=1S/C16H33NO2S/c1-5-8-9-13-20-14-10-11-16(4,17-12-6-2)15(18)19-7-3/h17H,5-14H2,1-4H3. The minimum Gasteiger partial charge on any atom is -0.465 e. The molecular weight excluding hydrogens is 270 g/mol. The molecule has 20 heavy (non-hydrogen) atoms. The summed E-state index contributed by atoms with van der Waals surface area (Å²) in [7, 11) is 0. The van der Waals surface area contributed by atoms with Gasteiger partial charge in [0.1, 0.15) is 5.54 Å². The second-order valence-corrected chi connectivity index (χ2v) is 6.63. The predicted molar refractivity (Wildman–Crippen MR) is 89.4 cm³/mol. The molecule has 0 saturated carbocycles. The van der Waals surface area contributed by atoms with Crippen molar-refractivity contribution in [3.63, 3.8) is 0 Å². The van der Waals surface area contributed by atoms with Crippen molar-refractivity contribution in [3.8, 4) is 0 Å². The van der Waals surface area contributed by atoms with Gasteiger partial charge in [-0.15, -0.1) is 0 Å². The largest absolute Gasteiger partial charge is 0.465 e. The monoisotopic (exact) mass is 303 g/mol. The number of unbranched alkanes of at least 4 members (excludes halogenated alkanes) is 2. The molecule has 3 nitrogen and oxygen atoms in total. The van der Waals surface area contributed by atoms with Crippen LogP contribution in [-0.2, 0) is 9.53 Å². The number of carbonyl (C=O) groups excluding carboxylic acids is 1. The second kappa shape index (κ2) is 12.5. The highest BCUT2D eigenvalue weighted by atomic mass is 32.2. The van der Waals surface area contributed by atoms with Gasteiger partial charge in [-0.25, -0.2) is 0 Å². The molecule has 0 saturated heterocycles. The SMILES string of the molecule is CCCCCSCCCC(C)(NCCC)C(=O)OCC. The molecule has 0 amide bonds. The molecule has 0 spiro atoms. The van der Waals surface area contributed by atoms with Gasteiger partial charge in [0.15, 0.2) is 0 Å². The van der Waals surface area contributed by atoms with Crippen molar-refractivity contribution < 1.29 is 9.53 Å². The van der Waals surface area contributed by atoms with Crippen LogP contribution < -0.4 is 5.32 Å². The van der Waals surface area contributed by atoms with Gasteiger partial charge in [-0.05, 0) is 57.6 Å². The Morgan fingerprint density at radius 2 is 1.80 bits per heavy atom. The molecule has 4 heteroatoms. The van der Waals surface area contributed by atoms with Crippen LogP contribution in [0.1, 0.15) is 66.2 Å². The fourth-order valence-corrected chi connectivity index (χ4v) is 3.00. The molecule has 0 rings (SSSR count). The zero-order chi connectivity index (χ0) is 15.3. The van der Waals surface area contributed by atoms with Gasteiger partial charge in [0.25, 0.3) is 0 Å². The summed E-state index contributed by atoms with van der Waals surface area (Å²) in [6.07, 6.45) is 6.86. The smallest absolute Gasteiger partial charge is 0.326 e. The first kappa shape index (κ1) is 19.8. The minimum atomic E-state index is -0.518. The Labute approximate surface area is 129 Å². The van der Waals surface area contributed by atoms with Gasteiger partial charge in [-0.1, -0.05) is 26.7 Å². The highest BCUT2D eigenvalue weighted by Crippen LogP contribution is 2.18. The van der Waals surface area contributed by atoms with Crippen LogP contribution in [0.2, 0.25) is 0 Å². The summed E-state index contributed by atoms with van der Waals surface area (Å²) >= 11 is 2.00. The van der Waals surface area contributed by atoms with Crippen molar-refractivity contribution in [2.24, 2.45) is 0 Å². The van der Waals surface area contributed by atoms with E-state index in [0.29, 0.717) is 6.61 Å². The summed E-state index contributed by atoms with van der Waals surface area (Å²) in [4.78, 5) is 12.1. The number of rotatable bonds is 13. The Bertz CT molecular complexity index is 249. The number of nitrogens with one attached hydrogen (secondary N) is 1. The fourth-order valence-electron chi connectivity index (χ4n) is 2.04. The van der Waals surface area contributed by atoms with Gasteiger partial charge < -0.3 is 10.1 Å². The van der Waals surface area contributed by atoms with Crippen LogP contribution in [0.15, 0.2) is 0 Å². The topological polar surface area (TPSA) is 38.3 Å². The Balaban J connectivity index is 4.00. The predicted octanol–water partition coefficient (Wildman–Crippen LogP) is 4.01. The van der Waals surface area contributed by atoms with Crippen LogP contribution in [0.4, 0.5) is 0 Å². The van der Waals surface area contributed by atoms with E-state index in [4.69, 9.17) is 4.74 Å². The molecule has 0 radical (unpaired) electrons. The lowest BCUT2D eigenvalue weighted by atomic mass is 9.96. The molecule has 0 aromatic carbocycles. The normalized spacial score (nSPS) is 14.0. The van der Waals surface area contributed by atoms with Crippen molar-refractivity contribution in [1.82, 2.24) is 5.32 Å². The number of esters is 1. The van der Waals surface area contributed by atoms with E-state index in [9.17, 15) is 4.79 Å². The molecule has 0 aromatic rings. The third-order valence-corrected chi connectivity index (χ3v) is 4.50. The van der Waals surface area contributed by atoms with Gasteiger partial charge in [-0.2, -0.15) is 11.8 Å². The molecule has 0 heterocycles. The van der Waals surface area contributed by atoms with E-state index in [1.54, 1.807) is 0 Å². The van der Waals surface area contributed by atoms with Crippen molar-refractivity contribution in [2.75, 3.05) is 24.7 Å². The van der Waals surface area contributed by atoms with Crippen LogP contribution in [0.3, 0.4) is 0 Å². The van der Waals surface area contributed by atoms with E-state index in [0.717, 1.165) is 31.6 Å². The summed E-state index contributed by atoms with van der Waals surface area (Å²) in [5, 5.41) is 3.36. The maximum atomic E-state index is 12.1. The third kappa shape index (κ3) is 8.85. The first-order valence-corrected chi connectivity index (χ1v) is 9.26. The van der Waals surface area contributed by atoms with Gasteiger partial charge in [0, 0.05) is 0 Å². The molecule has 1 atom stereocenters. The number of ether oxygens (including phenoxy) is 1. The number of hydrogen-bond donors (Lipinski definition) is 1. The number of carbonyl (C=O) groups is 1. The zero-order valence-corrected chi connectivity index (χ0v) is 14.6.